The van der Waals surface area contributed by atoms with Crippen LogP contribution in [0.4, 0.5) is 0 Å². The fourth-order valence-corrected chi connectivity index (χ4v) is 2.23. The molecule has 0 amide bonds. The summed E-state index contributed by atoms with van der Waals surface area (Å²) in [5.41, 5.74) is 2.39. The number of carboxylic acids is 1. The lowest BCUT2D eigenvalue weighted by atomic mass is 10.0. The normalized spacial score (nSPS) is 10.6. The molecule has 0 radical (unpaired) electrons. The van der Waals surface area contributed by atoms with Crippen LogP contribution in [-0.2, 0) is 12.8 Å². The van der Waals surface area contributed by atoms with Gasteiger partial charge in [0.15, 0.2) is 5.69 Å². The van der Waals surface area contributed by atoms with E-state index in [1.165, 1.54) is 6.33 Å². The molecular weight excluding hydrogens is 299 g/mol. The molecule has 1 aromatic carbocycles. The van der Waals surface area contributed by atoms with Crippen molar-refractivity contribution in [2.75, 3.05) is 0 Å². The lowest BCUT2D eigenvalue weighted by Crippen LogP contribution is -2.08. The van der Waals surface area contributed by atoms with Gasteiger partial charge in [-0.25, -0.2) is 14.8 Å². The van der Waals surface area contributed by atoms with Crippen LogP contribution in [-0.4, -0.2) is 21.0 Å². The number of hydrogen-bond acceptors (Lipinski definition) is 3. The van der Waals surface area contributed by atoms with Gasteiger partial charge in [-0.1, -0.05) is 29.3 Å². The lowest BCUT2D eigenvalue weighted by molar-refractivity contribution is 0.0689. The van der Waals surface area contributed by atoms with Crippen LogP contribution in [0, 0.1) is 6.92 Å². The van der Waals surface area contributed by atoms with Gasteiger partial charge in [-0.15, -0.1) is 0 Å². The summed E-state index contributed by atoms with van der Waals surface area (Å²) in [6.45, 7) is 1.72. The standard InChI is InChI=1S/C14H12Cl2N2O2/c1-8-12(17-7-18-13(8)14(19)20)5-3-9-2-4-10(15)11(16)6-9/h2,4,6-7H,3,5H2,1H3,(H,19,20). The second-order valence-electron chi connectivity index (χ2n) is 4.35. The molecule has 1 aromatic heterocycles. The summed E-state index contributed by atoms with van der Waals surface area (Å²) in [5, 5.41) is 10.0. The Labute approximate surface area is 126 Å². The number of aromatic carboxylic acids is 1. The summed E-state index contributed by atoms with van der Waals surface area (Å²) in [4.78, 5) is 18.9. The summed E-state index contributed by atoms with van der Waals surface area (Å²) in [6, 6.07) is 5.44. The number of aromatic nitrogens is 2. The molecule has 0 aliphatic rings. The first-order valence-electron chi connectivity index (χ1n) is 5.96. The van der Waals surface area contributed by atoms with E-state index in [1.807, 2.05) is 6.07 Å². The molecule has 4 nitrogen and oxygen atoms in total. The summed E-state index contributed by atoms with van der Waals surface area (Å²) >= 11 is 11.8. The second kappa shape index (κ2) is 6.20. The first kappa shape index (κ1) is 14.8. The first-order valence-corrected chi connectivity index (χ1v) is 6.72. The van der Waals surface area contributed by atoms with Crippen molar-refractivity contribution < 1.29 is 9.90 Å². The Hall–Kier alpha value is -1.65. The van der Waals surface area contributed by atoms with Gasteiger partial charge in [0.25, 0.3) is 0 Å². The van der Waals surface area contributed by atoms with Gasteiger partial charge >= 0.3 is 5.97 Å². The van der Waals surface area contributed by atoms with Gasteiger partial charge in [0.2, 0.25) is 0 Å². The van der Waals surface area contributed by atoms with Crippen LogP contribution < -0.4 is 0 Å². The van der Waals surface area contributed by atoms with E-state index in [9.17, 15) is 4.79 Å². The molecule has 2 rings (SSSR count). The maximum atomic E-state index is 11.0. The molecule has 0 unspecified atom stereocenters. The van der Waals surface area contributed by atoms with Crippen molar-refractivity contribution in [3.8, 4) is 0 Å². The molecule has 2 aromatic rings. The van der Waals surface area contributed by atoms with E-state index in [1.54, 1.807) is 19.1 Å². The zero-order chi connectivity index (χ0) is 14.7. The van der Waals surface area contributed by atoms with E-state index in [-0.39, 0.29) is 5.69 Å². The van der Waals surface area contributed by atoms with Crippen LogP contribution in [0.2, 0.25) is 10.0 Å². The average Bonchev–Trinajstić information content (AvgIpc) is 2.41. The summed E-state index contributed by atoms with van der Waals surface area (Å²) < 4.78 is 0. The fraction of sp³-hybridized carbons (Fsp3) is 0.214. The number of nitrogens with zero attached hydrogens (tertiary/aromatic N) is 2. The SMILES string of the molecule is Cc1c(CCc2ccc(Cl)c(Cl)c2)ncnc1C(=O)O. The number of aryl methyl sites for hydroxylation is 2. The van der Waals surface area contributed by atoms with Crippen molar-refractivity contribution in [1.82, 2.24) is 9.97 Å². The number of hydrogen-bond donors (Lipinski definition) is 1. The Morgan fingerprint density at radius 3 is 2.60 bits per heavy atom. The molecule has 1 N–H and O–H groups in total. The molecule has 0 spiro atoms. The van der Waals surface area contributed by atoms with Crippen LogP contribution >= 0.6 is 23.2 Å². The Morgan fingerprint density at radius 1 is 1.20 bits per heavy atom. The minimum absolute atomic E-state index is 0.0455. The van der Waals surface area contributed by atoms with E-state index in [4.69, 9.17) is 28.3 Å². The highest BCUT2D eigenvalue weighted by Crippen LogP contribution is 2.23. The molecule has 20 heavy (non-hydrogen) atoms. The maximum Gasteiger partial charge on any atom is 0.354 e. The van der Waals surface area contributed by atoms with Crippen molar-refractivity contribution in [2.24, 2.45) is 0 Å². The Kier molecular flexibility index (Phi) is 4.57. The molecule has 0 bridgehead atoms. The predicted octanol–water partition coefficient (Wildman–Crippen LogP) is 3.58. The molecular formula is C14H12Cl2N2O2. The fourth-order valence-electron chi connectivity index (χ4n) is 1.91. The van der Waals surface area contributed by atoms with E-state index < -0.39 is 5.97 Å². The summed E-state index contributed by atoms with van der Waals surface area (Å²) in [7, 11) is 0. The average molecular weight is 311 g/mol. The van der Waals surface area contributed by atoms with Crippen molar-refractivity contribution in [3.63, 3.8) is 0 Å². The van der Waals surface area contributed by atoms with Crippen molar-refractivity contribution in [2.45, 2.75) is 19.8 Å². The van der Waals surface area contributed by atoms with Gasteiger partial charge in [-0.3, -0.25) is 0 Å². The van der Waals surface area contributed by atoms with Crippen LogP contribution in [0.25, 0.3) is 0 Å². The summed E-state index contributed by atoms with van der Waals surface area (Å²) in [6.07, 6.45) is 2.60. The number of rotatable bonds is 4. The molecule has 0 aliphatic heterocycles. The van der Waals surface area contributed by atoms with E-state index in [0.29, 0.717) is 28.5 Å². The molecule has 0 aliphatic carbocycles. The highest BCUT2D eigenvalue weighted by Gasteiger charge is 2.13. The smallest absolute Gasteiger partial charge is 0.354 e. The maximum absolute atomic E-state index is 11.0. The number of carboxylic acid groups (broad SMARTS) is 1. The molecule has 1 heterocycles. The largest absolute Gasteiger partial charge is 0.477 e. The Balaban J connectivity index is 2.17. The molecule has 0 saturated carbocycles. The third-order valence-corrected chi connectivity index (χ3v) is 3.76. The van der Waals surface area contributed by atoms with Crippen LogP contribution in [0.5, 0.6) is 0 Å². The molecule has 0 saturated heterocycles. The van der Waals surface area contributed by atoms with E-state index in [0.717, 1.165) is 11.3 Å². The zero-order valence-corrected chi connectivity index (χ0v) is 12.2. The predicted molar refractivity (Wildman–Crippen MR) is 77.6 cm³/mol. The second-order valence-corrected chi connectivity index (χ2v) is 5.16. The van der Waals surface area contributed by atoms with E-state index >= 15 is 0 Å². The summed E-state index contributed by atoms with van der Waals surface area (Å²) in [5.74, 6) is -1.04. The van der Waals surface area contributed by atoms with Gasteiger partial charge in [0, 0.05) is 11.3 Å². The van der Waals surface area contributed by atoms with Crippen molar-refractivity contribution in [3.05, 3.63) is 57.1 Å². The number of carbonyl (C=O) groups is 1. The third kappa shape index (κ3) is 3.26. The molecule has 0 atom stereocenters. The van der Waals surface area contributed by atoms with Crippen LogP contribution in [0.1, 0.15) is 27.3 Å². The van der Waals surface area contributed by atoms with Crippen molar-refractivity contribution >= 4 is 29.2 Å². The first-order chi connectivity index (χ1) is 9.49. The Morgan fingerprint density at radius 2 is 1.95 bits per heavy atom. The topological polar surface area (TPSA) is 63.1 Å². The minimum Gasteiger partial charge on any atom is -0.477 e. The molecule has 104 valence electrons. The highest BCUT2D eigenvalue weighted by atomic mass is 35.5. The quantitative estimate of drug-likeness (QED) is 0.937. The number of benzene rings is 1. The van der Waals surface area contributed by atoms with Gasteiger partial charge in [0.05, 0.1) is 10.0 Å². The lowest BCUT2D eigenvalue weighted by Gasteiger charge is -2.07. The van der Waals surface area contributed by atoms with Crippen LogP contribution in [0.3, 0.4) is 0 Å². The van der Waals surface area contributed by atoms with Gasteiger partial charge < -0.3 is 5.11 Å². The zero-order valence-electron chi connectivity index (χ0n) is 10.7. The Bertz CT molecular complexity index is 660. The van der Waals surface area contributed by atoms with Crippen molar-refractivity contribution in [1.29, 1.82) is 0 Å². The minimum atomic E-state index is -1.04. The van der Waals surface area contributed by atoms with Gasteiger partial charge in [0.1, 0.15) is 6.33 Å². The number of halogens is 2. The third-order valence-electron chi connectivity index (χ3n) is 3.03. The van der Waals surface area contributed by atoms with Crippen LogP contribution in [0.15, 0.2) is 24.5 Å². The van der Waals surface area contributed by atoms with E-state index in [2.05, 4.69) is 9.97 Å². The molecule has 6 heteroatoms. The molecule has 0 fully saturated rings. The van der Waals surface area contributed by atoms with Gasteiger partial charge in [-0.2, -0.15) is 0 Å². The highest BCUT2D eigenvalue weighted by molar-refractivity contribution is 6.42. The monoisotopic (exact) mass is 310 g/mol. The van der Waals surface area contributed by atoms with Gasteiger partial charge in [-0.05, 0) is 37.5 Å².